The van der Waals surface area contributed by atoms with E-state index in [1.807, 2.05) is 30.3 Å². The molecule has 0 aliphatic rings. The van der Waals surface area contributed by atoms with E-state index in [9.17, 15) is 4.79 Å². The highest BCUT2D eigenvalue weighted by Gasteiger charge is 2.04. The van der Waals surface area contributed by atoms with E-state index in [0.29, 0.717) is 5.04 Å². The minimum atomic E-state index is -0.485. The zero-order chi connectivity index (χ0) is 13.2. The van der Waals surface area contributed by atoms with E-state index in [1.165, 1.54) is 11.8 Å². The Hall–Kier alpha value is -1.49. The molecule has 2 N–H and O–H groups in total. The van der Waals surface area contributed by atoms with Gasteiger partial charge in [-0.3, -0.25) is 5.41 Å². The zero-order valence-electron chi connectivity index (χ0n) is 10.4. The van der Waals surface area contributed by atoms with E-state index in [1.54, 1.807) is 0 Å². The Morgan fingerprint density at radius 1 is 1.39 bits per heavy atom. The molecule has 98 valence electrons. The van der Waals surface area contributed by atoms with Crippen molar-refractivity contribution in [1.82, 2.24) is 5.32 Å². The summed E-state index contributed by atoms with van der Waals surface area (Å²) in [6.07, 6.45) is 0.534. The maximum atomic E-state index is 11.4. The minimum Gasteiger partial charge on any atom is -0.445 e. The van der Waals surface area contributed by atoms with Gasteiger partial charge in [0.15, 0.2) is 0 Å². The van der Waals surface area contributed by atoms with Gasteiger partial charge in [0.25, 0.3) is 0 Å². The molecule has 1 amide bonds. The van der Waals surface area contributed by atoms with Crippen molar-refractivity contribution in [3.63, 3.8) is 0 Å². The van der Waals surface area contributed by atoms with Crippen LogP contribution in [0.2, 0.25) is 0 Å². The topological polar surface area (TPSA) is 62.2 Å². The molecule has 0 aliphatic heterocycles. The van der Waals surface area contributed by atoms with E-state index in [2.05, 4.69) is 12.2 Å². The summed E-state index contributed by atoms with van der Waals surface area (Å²) in [7, 11) is 0. The van der Waals surface area contributed by atoms with Crippen LogP contribution in [0.15, 0.2) is 30.3 Å². The molecular formula is C13H18N2O2S. The summed E-state index contributed by atoms with van der Waals surface area (Å²) < 4.78 is 5.03. The number of ether oxygens (including phenoxy) is 1. The molecule has 0 bridgehead atoms. The predicted molar refractivity (Wildman–Crippen MR) is 75.1 cm³/mol. The van der Waals surface area contributed by atoms with E-state index in [4.69, 9.17) is 10.1 Å². The number of carbonyl (C=O) groups excluding carboxylic acids is 1. The fraction of sp³-hybridized carbons (Fsp3) is 0.385. The van der Waals surface area contributed by atoms with Crippen LogP contribution in [0.4, 0.5) is 4.79 Å². The van der Waals surface area contributed by atoms with Gasteiger partial charge in [-0.2, -0.15) is 0 Å². The standard InChI is InChI=1S/C13H18N2O2S/c1-2-8-18-12(14)9-15-13(16)17-10-11-6-4-3-5-7-11/h3-7,14H,2,8-10H2,1H3,(H,15,16). The van der Waals surface area contributed by atoms with Gasteiger partial charge in [-0.05, 0) is 17.7 Å². The molecule has 0 fully saturated rings. The van der Waals surface area contributed by atoms with Crippen LogP contribution >= 0.6 is 11.8 Å². The molecule has 4 nitrogen and oxygen atoms in total. The van der Waals surface area contributed by atoms with E-state index in [-0.39, 0.29) is 13.2 Å². The smallest absolute Gasteiger partial charge is 0.407 e. The molecule has 1 rings (SSSR count). The van der Waals surface area contributed by atoms with Crippen molar-refractivity contribution >= 4 is 22.9 Å². The Morgan fingerprint density at radius 2 is 2.11 bits per heavy atom. The Bertz CT molecular complexity index is 382. The van der Waals surface area contributed by atoms with Crippen molar-refractivity contribution in [2.45, 2.75) is 20.0 Å². The normalized spacial score (nSPS) is 9.83. The number of hydrogen-bond acceptors (Lipinski definition) is 4. The number of thioether (sulfide) groups is 1. The summed E-state index contributed by atoms with van der Waals surface area (Å²) in [6.45, 7) is 2.54. The van der Waals surface area contributed by atoms with Crippen LogP contribution in [0.1, 0.15) is 18.9 Å². The van der Waals surface area contributed by atoms with Crippen LogP contribution in [0.25, 0.3) is 0 Å². The third-order valence-electron chi connectivity index (χ3n) is 2.09. The van der Waals surface area contributed by atoms with Crippen molar-refractivity contribution in [2.75, 3.05) is 12.3 Å². The zero-order valence-corrected chi connectivity index (χ0v) is 11.3. The molecule has 0 atom stereocenters. The van der Waals surface area contributed by atoms with Crippen molar-refractivity contribution in [3.05, 3.63) is 35.9 Å². The van der Waals surface area contributed by atoms with Gasteiger partial charge in [0.1, 0.15) is 6.61 Å². The van der Waals surface area contributed by atoms with Gasteiger partial charge in [-0.1, -0.05) is 37.3 Å². The number of nitrogens with one attached hydrogen (secondary N) is 2. The highest BCUT2D eigenvalue weighted by molar-refractivity contribution is 8.13. The Labute approximate surface area is 112 Å². The SMILES string of the molecule is CCCSC(=N)CNC(=O)OCc1ccccc1. The molecule has 0 saturated carbocycles. The van der Waals surface area contributed by atoms with Gasteiger partial charge < -0.3 is 10.1 Å². The average molecular weight is 266 g/mol. The van der Waals surface area contributed by atoms with Gasteiger partial charge in [-0.25, -0.2) is 4.79 Å². The van der Waals surface area contributed by atoms with E-state index >= 15 is 0 Å². The van der Waals surface area contributed by atoms with Crippen LogP contribution in [0.5, 0.6) is 0 Å². The third-order valence-corrected chi connectivity index (χ3v) is 3.19. The molecule has 0 saturated heterocycles. The molecule has 0 unspecified atom stereocenters. The Morgan fingerprint density at radius 3 is 2.78 bits per heavy atom. The summed E-state index contributed by atoms with van der Waals surface area (Å²) in [4.78, 5) is 11.4. The predicted octanol–water partition coefficient (Wildman–Crippen LogP) is 3.03. The molecule has 1 aromatic carbocycles. The van der Waals surface area contributed by atoms with E-state index < -0.39 is 6.09 Å². The van der Waals surface area contributed by atoms with E-state index in [0.717, 1.165) is 17.7 Å². The second-order valence-corrected chi connectivity index (χ2v) is 4.88. The maximum absolute atomic E-state index is 11.4. The lowest BCUT2D eigenvalue weighted by Gasteiger charge is -2.07. The average Bonchev–Trinajstić information content (AvgIpc) is 2.41. The van der Waals surface area contributed by atoms with Crippen LogP contribution in [-0.4, -0.2) is 23.4 Å². The number of alkyl carbamates (subject to hydrolysis) is 1. The first-order valence-electron chi connectivity index (χ1n) is 5.87. The first-order valence-corrected chi connectivity index (χ1v) is 6.85. The first kappa shape index (κ1) is 14.6. The number of carbonyl (C=O) groups is 1. The monoisotopic (exact) mass is 266 g/mol. The molecule has 0 radical (unpaired) electrons. The second kappa shape index (κ2) is 8.58. The molecule has 5 heteroatoms. The van der Waals surface area contributed by atoms with Crippen LogP contribution in [-0.2, 0) is 11.3 Å². The largest absolute Gasteiger partial charge is 0.445 e. The second-order valence-electron chi connectivity index (χ2n) is 3.69. The van der Waals surface area contributed by atoms with Crippen molar-refractivity contribution in [1.29, 1.82) is 5.41 Å². The van der Waals surface area contributed by atoms with Crippen molar-refractivity contribution in [3.8, 4) is 0 Å². The van der Waals surface area contributed by atoms with Crippen molar-refractivity contribution in [2.24, 2.45) is 0 Å². The minimum absolute atomic E-state index is 0.234. The third kappa shape index (κ3) is 6.30. The van der Waals surface area contributed by atoms with Gasteiger partial charge in [0.05, 0.1) is 11.6 Å². The van der Waals surface area contributed by atoms with Gasteiger partial charge in [0, 0.05) is 0 Å². The molecular weight excluding hydrogens is 248 g/mol. The summed E-state index contributed by atoms with van der Waals surface area (Å²) in [5.41, 5.74) is 0.947. The fourth-order valence-electron chi connectivity index (χ4n) is 1.20. The molecule has 0 heterocycles. The lowest BCUT2D eigenvalue weighted by Crippen LogP contribution is -2.28. The van der Waals surface area contributed by atoms with Gasteiger partial charge in [0.2, 0.25) is 0 Å². The number of hydrogen-bond donors (Lipinski definition) is 2. The summed E-state index contributed by atoms with van der Waals surface area (Å²) in [5, 5.41) is 10.6. The Kier molecular flexibility index (Phi) is 6.94. The maximum Gasteiger partial charge on any atom is 0.407 e. The van der Waals surface area contributed by atoms with Gasteiger partial charge >= 0.3 is 6.09 Å². The van der Waals surface area contributed by atoms with Crippen LogP contribution < -0.4 is 5.32 Å². The lowest BCUT2D eigenvalue weighted by atomic mass is 10.2. The number of benzene rings is 1. The van der Waals surface area contributed by atoms with Crippen LogP contribution in [0.3, 0.4) is 0 Å². The number of amides is 1. The van der Waals surface area contributed by atoms with Crippen molar-refractivity contribution < 1.29 is 9.53 Å². The summed E-state index contributed by atoms with van der Waals surface area (Å²) >= 11 is 1.45. The molecule has 1 aromatic rings. The molecule has 0 aliphatic carbocycles. The fourth-order valence-corrected chi connectivity index (χ4v) is 1.83. The number of rotatable bonds is 6. The molecule has 18 heavy (non-hydrogen) atoms. The summed E-state index contributed by atoms with van der Waals surface area (Å²) in [6, 6.07) is 9.50. The molecule has 0 aromatic heterocycles. The van der Waals surface area contributed by atoms with Gasteiger partial charge in [-0.15, -0.1) is 11.8 Å². The first-order chi connectivity index (χ1) is 8.72. The highest BCUT2D eigenvalue weighted by atomic mass is 32.2. The Balaban J connectivity index is 2.16. The summed E-state index contributed by atoms with van der Waals surface area (Å²) in [5.74, 6) is 0.902. The quantitative estimate of drug-likeness (QED) is 0.614. The molecule has 0 spiro atoms. The highest BCUT2D eigenvalue weighted by Crippen LogP contribution is 2.03. The lowest BCUT2D eigenvalue weighted by molar-refractivity contribution is 0.141. The van der Waals surface area contributed by atoms with Crippen LogP contribution in [0, 0.1) is 5.41 Å².